The van der Waals surface area contributed by atoms with Crippen molar-refractivity contribution in [2.24, 2.45) is 0 Å². The molecule has 0 aliphatic carbocycles. The number of para-hydroxylation sites is 1. The van der Waals surface area contributed by atoms with Gasteiger partial charge in [0.2, 0.25) is 0 Å². The summed E-state index contributed by atoms with van der Waals surface area (Å²) in [5.41, 5.74) is 0.640. The van der Waals surface area contributed by atoms with Crippen LogP contribution in [-0.2, 0) is 9.53 Å². The molecule has 2 aromatic heterocycles. The van der Waals surface area contributed by atoms with Crippen LogP contribution in [-0.4, -0.2) is 46.3 Å². The van der Waals surface area contributed by atoms with Gasteiger partial charge in [-0.05, 0) is 47.8 Å². The molecule has 0 bridgehead atoms. The monoisotopic (exact) mass is 480 g/mol. The van der Waals surface area contributed by atoms with Crippen molar-refractivity contribution in [3.8, 4) is 22.1 Å². The van der Waals surface area contributed by atoms with E-state index in [0.717, 1.165) is 4.88 Å². The lowest BCUT2D eigenvalue weighted by atomic mass is 10.2. The number of thiophene rings is 1. The topological polar surface area (TPSA) is 112 Å². The minimum atomic E-state index is -0.960. The molecule has 4 rings (SSSR count). The molecule has 2 amide bonds. The Hall–Kier alpha value is -4.38. The van der Waals surface area contributed by atoms with Crippen molar-refractivity contribution in [3.05, 3.63) is 83.2 Å². The van der Waals surface area contributed by atoms with Gasteiger partial charge in [-0.1, -0.05) is 18.2 Å². The fraction of sp³-hybridized carbons (Fsp3) is 0.0870. The number of amides is 2. The Bertz CT molecular complexity index is 1340. The van der Waals surface area contributed by atoms with Gasteiger partial charge in [0.15, 0.2) is 12.4 Å². The number of aromatic nitrogens is 3. The summed E-state index contributed by atoms with van der Waals surface area (Å²) < 4.78 is 24.8. The third-order valence-corrected chi connectivity index (χ3v) is 5.41. The van der Waals surface area contributed by atoms with E-state index >= 15 is 0 Å². The van der Waals surface area contributed by atoms with E-state index in [1.54, 1.807) is 24.3 Å². The first-order chi connectivity index (χ1) is 16.5. The number of benzene rings is 2. The molecule has 11 heteroatoms. The zero-order chi connectivity index (χ0) is 24.1. The Morgan fingerprint density at radius 2 is 1.82 bits per heavy atom. The molecule has 0 atom stereocenters. The van der Waals surface area contributed by atoms with Gasteiger partial charge in [-0.3, -0.25) is 14.9 Å². The summed E-state index contributed by atoms with van der Waals surface area (Å²) in [4.78, 5) is 41.9. The van der Waals surface area contributed by atoms with Crippen LogP contribution in [0.25, 0.3) is 16.4 Å². The molecule has 2 heterocycles. The second kappa shape index (κ2) is 10.0. The fourth-order valence-electron chi connectivity index (χ4n) is 2.98. The number of nitrogens with zero attached hydrogens (tertiary/aromatic N) is 3. The Morgan fingerprint density at radius 3 is 2.53 bits per heavy atom. The Morgan fingerprint density at radius 1 is 1.06 bits per heavy atom. The lowest BCUT2D eigenvalue weighted by Crippen LogP contribution is -2.34. The van der Waals surface area contributed by atoms with Crippen LogP contribution in [0.5, 0.6) is 5.75 Å². The lowest BCUT2D eigenvalue weighted by molar-refractivity contribution is -0.123. The van der Waals surface area contributed by atoms with Gasteiger partial charge in [-0.25, -0.2) is 13.9 Å². The molecular formula is C23H17FN4O5S. The van der Waals surface area contributed by atoms with Crippen LogP contribution in [0.4, 0.5) is 4.39 Å². The van der Waals surface area contributed by atoms with Gasteiger partial charge in [0.1, 0.15) is 11.6 Å². The average molecular weight is 480 g/mol. The first-order valence-electron chi connectivity index (χ1n) is 9.87. The zero-order valence-corrected chi connectivity index (χ0v) is 18.5. The number of nitrogens with one attached hydrogen (secondary N) is 1. The van der Waals surface area contributed by atoms with Gasteiger partial charge in [0.25, 0.3) is 17.6 Å². The summed E-state index contributed by atoms with van der Waals surface area (Å²) in [5.74, 6) is -2.56. The number of halogens is 1. The fourth-order valence-corrected chi connectivity index (χ4v) is 3.68. The maximum Gasteiger partial charge on any atom is 0.378 e. The van der Waals surface area contributed by atoms with Gasteiger partial charge >= 0.3 is 5.97 Å². The van der Waals surface area contributed by atoms with Crippen LogP contribution in [0.3, 0.4) is 0 Å². The highest BCUT2D eigenvalue weighted by atomic mass is 32.1. The zero-order valence-electron chi connectivity index (χ0n) is 17.7. The normalized spacial score (nSPS) is 10.5. The van der Waals surface area contributed by atoms with E-state index in [2.05, 4.69) is 15.4 Å². The van der Waals surface area contributed by atoms with Crippen molar-refractivity contribution in [1.82, 2.24) is 20.1 Å². The van der Waals surface area contributed by atoms with Crippen LogP contribution in [0, 0.1) is 5.82 Å². The molecule has 4 aromatic rings. The first kappa shape index (κ1) is 22.8. The smallest absolute Gasteiger partial charge is 0.378 e. The number of imide groups is 1. The maximum atomic E-state index is 13.3. The summed E-state index contributed by atoms with van der Waals surface area (Å²) in [7, 11) is 1.40. The summed E-state index contributed by atoms with van der Waals surface area (Å²) >= 11 is 1.38. The van der Waals surface area contributed by atoms with Crippen molar-refractivity contribution in [2.45, 2.75) is 0 Å². The van der Waals surface area contributed by atoms with Crippen LogP contribution in [0.2, 0.25) is 0 Å². The number of methoxy groups -OCH3 is 1. The van der Waals surface area contributed by atoms with Crippen LogP contribution in [0.15, 0.2) is 66.0 Å². The van der Waals surface area contributed by atoms with Gasteiger partial charge in [-0.2, -0.15) is 4.98 Å². The van der Waals surface area contributed by atoms with Crippen LogP contribution >= 0.6 is 11.3 Å². The number of carbonyl (C=O) groups is 3. The third kappa shape index (κ3) is 4.99. The lowest BCUT2D eigenvalue weighted by Gasteiger charge is -2.08. The van der Waals surface area contributed by atoms with Crippen molar-refractivity contribution in [2.75, 3.05) is 13.7 Å². The van der Waals surface area contributed by atoms with E-state index in [1.807, 2.05) is 11.4 Å². The molecular weight excluding hydrogens is 463 g/mol. The second-order valence-corrected chi connectivity index (χ2v) is 7.73. The molecule has 34 heavy (non-hydrogen) atoms. The van der Waals surface area contributed by atoms with E-state index in [-0.39, 0.29) is 11.4 Å². The molecule has 0 aliphatic heterocycles. The number of rotatable bonds is 7. The maximum absolute atomic E-state index is 13.3. The Labute approximate surface area is 196 Å². The predicted octanol–water partition coefficient (Wildman–Crippen LogP) is 3.26. The molecule has 0 unspecified atom stereocenters. The Kier molecular flexibility index (Phi) is 6.74. The van der Waals surface area contributed by atoms with Gasteiger partial charge < -0.3 is 9.47 Å². The van der Waals surface area contributed by atoms with Crippen molar-refractivity contribution < 1.29 is 28.2 Å². The average Bonchev–Trinajstić information content (AvgIpc) is 3.53. The van der Waals surface area contributed by atoms with E-state index in [9.17, 15) is 18.8 Å². The van der Waals surface area contributed by atoms with Gasteiger partial charge in [0, 0.05) is 0 Å². The van der Waals surface area contributed by atoms with Crippen molar-refractivity contribution in [1.29, 1.82) is 0 Å². The molecule has 0 saturated heterocycles. The molecule has 0 radical (unpaired) electrons. The summed E-state index contributed by atoms with van der Waals surface area (Å²) in [6.45, 7) is -0.723. The quantitative estimate of drug-likeness (QED) is 0.404. The number of ether oxygens (including phenoxy) is 2. The SMILES string of the molecule is COc1ccccc1C(=O)NC(=O)COC(=O)c1nc(-c2cccs2)n(-c2ccc(F)cc2)n1. The largest absolute Gasteiger partial charge is 0.496 e. The van der Waals surface area contributed by atoms with Crippen LogP contribution in [0.1, 0.15) is 21.0 Å². The van der Waals surface area contributed by atoms with Crippen molar-refractivity contribution in [3.63, 3.8) is 0 Å². The molecule has 172 valence electrons. The molecule has 0 aliphatic rings. The molecule has 0 saturated carbocycles. The predicted molar refractivity (Wildman–Crippen MR) is 120 cm³/mol. The summed E-state index contributed by atoms with van der Waals surface area (Å²) in [6, 6.07) is 15.5. The minimum absolute atomic E-state index is 0.157. The number of hydrogen-bond acceptors (Lipinski definition) is 8. The van der Waals surface area contributed by atoms with Gasteiger partial charge in [0.05, 0.1) is 23.2 Å². The number of carbonyl (C=O) groups excluding carboxylic acids is 3. The first-order valence-corrected chi connectivity index (χ1v) is 10.8. The summed E-state index contributed by atoms with van der Waals surface area (Å²) in [6.07, 6.45) is 0. The molecule has 0 fully saturated rings. The highest BCUT2D eigenvalue weighted by molar-refractivity contribution is 7.13. The van der Waals surface area contributed by atoms with E-state index in [4.69, 9.17) is 9.47 Å². The second-order valence-electron chi connectivity index (χ2n) is 6.78. The molecule has 2 aromatic carbocycles. The minimum Gasteiger partial charge on any atom is -0.496 e. The highest BCUT2D eigenvalue weighted by Gasteiger charge is 2.22. The standard InChI is InChI=1S/C23H17FN4O5S/c1-32-17-6-3-2-5-16(17)22(30)25-19(29)13-33-23(31)20-26-21(18-7-4-12-34-18)28(27-20)15-10-8-14(24)9-11-15/h2-12H,13H2,1H3,(H,25,29,30). The van der Waals surface area contributed by atoms with Crippen LogP contribution < -0.4 is 10.1 Å². The number of hydrogen-bond donors (Lipinski definition) is 1. The van der Waals surface area contributed by atoms with Crippen molar-refractivity contribution >= 4 is 29.1 Å². The van der Waals surface area contributed by atoms with E-state index in [0.29, 0.717) is 17.3 Å². The highest BCUT2D eigenvalue weighted by Crippen LogP contribution is 2.26. The molecule has 1 N–H and O–H groups in total. The number of esters is 1. The van der Waals surface area contributed by atoms with E-state index in [1.165, 1.54) is 53.5 Å². The molecule has 9 nitrogen and oxygen atoms in total. The third-order valence-electron chi connectivity index (χ3n) is 4.54. The van der Waals surface area contributed by atoms with Gasteiger partial charge in [-0.15, -0.1) is 16.4 Å². The Balaban J connectivity index is 1.47. The molecule has 0 spiro atoms. The summed E-state index contributed by atoms with van der Waals surface area (Å²) in [5, 5.41) is 8.14. The van der Waals surface area contributed by atoms with E-state index < -0.39 is 30.2 Å².